The number of rotatable bonds is 8. The monoisotopic (exact) mass is 493 g/mol. The number of carbonyl (C=O) groups excluding carboxylic acids is 2. The van der Waals surface area contributed by atoms with Gasteiger partial charge in [-0.25, -0.2) is 4.79 Å². The predicted octanol–water partition coefficient (Wildman–Crippen LogP) is 3.41. The number of aryl methyl sites for hydroxylation is 2. The van der Waals surface area contributed by atoms with Crippen LogP contribution in [0.1, 0.15) is 35.6 Å². The van der Waals surface area contributed by atoms with E-state index in [0.29, 0.717) is 39.3 Å². The SMILES string of the molecule is COc1ccc([C@H](CNC(=O)N2CCN(CC(=O)Nc3c(C)cccc3C)CC2)N2CCCC2)cc1. The Balaban J connectivity index is 1.26. The van der Waals surface area contributed by atoms with E-state index in [-0.39, 0.29) is 18.0 Å². The highest BCUT2D eigenvalue weighted by Gasteiger charge is 2.27. The molecule has 0 saturated carbocycles. The van der Waals surface area contributed by atoms with Crippen molar-refractivity contribution < 1.29 is 14.3 Å². The van der Waals surface area contributed by atoms with Gasteiger partial charge in [-0.3, -0.25) is 14.6 Å². The zero-order valence-electron chi connectivity index (χ0n) is 21.8. The number of hydrogen-bond donors (Lipinski definition) is 2. The van der Waals surface area contributed by atoms with Crippen LogP contribution in [0.2, 0.25) is 0 Å². The second-order valence-corrected chi connectivity index (χ2v) is 9.80. The van der Waals surface area contributed by atoms with Crippen LogP contribution in [0.15, 0.2) is 42.5 Å². The number of nitrogens with zero attached hydrogens (tertiary/aromatic N) is 3. The van der Waals surface area contributed by atoms with Gasteiger partial charge in [0.15, 0.2) is 0 Å². The first-order chi connectivity index (χ1) is 17.4. The molecule has 2 aliphatic rings. The highest BCUT2D eigenvalue weighted by Crippen LogP contribution is 2.26. The van der Waals surface area contributed by atoms with E-state index in [1.54, 1.807) is 7.11 Å². The maximum atomic E-state index is 13.0. The standard InChI is InChI=1S/C28H39N5O3/c1-21-7-6-8-22(2)27(21)30-26(34)20-31-15-17-33(18-16-31)28(35)29-19-25(32-13-4-5-14-32)23-9-11-24(36-3)12-10-23/h6-12,25H,4-5,13-20H2,1-3H3,(H,29,35)(H,30,34)/t25-/m0/s1. The first kappa shape index (κ1) is 26.0. The van der Waals surface area contributed by atoms with Crippen molar-refractivity contribution in [1.82, 2.24) is 20.0 Å². The lowest BCUT2D eigenvalue weighted by Gasteiger charge is -2.35. The molecule has 1 atom stereocenters. The Morgan fingerprint density at radius 1 is 0.917 bits per heavy atom. The van der Waals surface area contributed by atoms with Crippen molar-refractivity contribution in [2.75, 3.05) is 64.8 Å². The van der Waals surface area contributed by atoms with Gasteiger partial charge in [-0.1, -0.05) is 30.3 Å². The number of anilines is 1. The molecular weight excluding hydrogens is 454 g/mol. The maximum Gasteiger partial charge on any atom is 0.317 e. The number of ether oxygens (including phenoxy) is 1. The lowest BCUT2D eigenvalue weighted by atomic mass is 10.1. The predicted molar refractivity (Wildman–Crippen MR) is 142 cm³/mol. The summed E-state index contributed by atoms with van der Waals surface area (Å²) in [5, 5.41) is 6.23. The van der Waals surface area contributed by atoms with Gasteiger partial charge in [0.05, 0.1) is 19.7 Å². The molecule has 0 unspecified atom stereocenters. The highest BCUT2D eigenvalue weighted by atomic mass is 16.5. The summed E-state index contributed by atoms with van der Waals surface area (Å²) in [6, 6.07) is 14.3. The van der Waals surface area contributed by atoms with Crippen LogP contribution in [-0.2, 0) is 4.79 Å². The minimum Gasteiger partial charge on any atom is -0.497 e. The number of carbonyl (C=O) groups is 2. The van der Waals surface area contributed by atoms with Crippen LogP contribution in [0.5, 0.6) is 5.75 Å². The summed E-state index contributed by atoms with van der Waals surface area (Å²) in [6.07, 6.45) is 2.39. The number of amides is 3. The molecule has 2 aliphatic heterocycles. The summed E-state index contributed by atoms with van der Waals surface area (Å²) in [6.45, 7) is 9.60. The third-order valence-electron chi connectivity index (χ3n) is 7.30. The van der Waals surface area contributed by atoms with E-state index < -0.39 is 0 Å². The van der Waals surface area contributed by atoms with Gasteiger partial charge in [0.1, 0.15) is 5.75 Å². The third kappa shape index (κ3) is 6.56. The molecule has 0 aromatic heterocycles. The summed E-state index contributed by atoms with van der Waals surface area (Å²) < 4.78 is 5.31. The summed E-state index contributed by atoms with van der Waals surface area (Å²) >= 11 is 0. The summed E-state index contributed by atoms with van der Waals surface area (Å²) in [4.78, 5) is 32.0. The Morgan fingerprint density at radius 2 is 1.56 bits per heavy atom. The van der Waals surface area contributed by atoms with Gasteiger partial charge >= 0.3 is 6.03 Å². The topological polar surface area (TPSA) is 77.1 Å². The second-order valence-electron chi connectivity index (χ2n) is 9.80. The van der Waals surface area contributed by atoms with E-state index in [1.165, 1.54) is 18.4 Å². The molecule has 2 heterocycles. The molecule has 4 rings (SSSR count). The average molecular weight is 494 g/mol. The summed E-state index contributed by atoms with van der Waals surface area (Å²) in [5.41, 5.74) is 4.21. The molecule has 8 nitrogen and oxygen atoms in total. The largest absolute Gasteiger partial charge is 0.497 e. The normalized spacial score (nSPS) is 17.6. The molecule has 8 heteroatoms. The van der Waals surface area contributed by atoms with Gasteiger partial charge in [-0.15, -0.1) is 0 Å². The fourth-order valence-corrected chi connectivity index (χ4v) is 5.14. The van der Waals surface area contributed by atoms with Crippen molar-refractivity contribution in [1.29, 1.82) is 0 Å². The fraction of sp³-hybridized carbons (Fsp3) is 0.500. The molecular formula is C28H39N5O3. The van der Waals surface area contributed by atoms with Crippen molar-refractivity contribution in [2.24, 2.45) is 0 Å². The van der Waals surface area contributed by atoms with Gasteiger partial charge in [0.25, 0.3) is 0 Å². The van der Waals surface area contributed by atoms with E-state index in [9.17, 15) is 9.59 Å². The van der Waals surface area contributed by atoms with Crippen molar-refractivity contribution in [3.63, 3.8) is 0 Å². The van der Waals surface area contributed by atoms with Gasteiger partial charge in [0.2, 0.25) is 5.91 Å². The van der Waals surface area contributed by atoms with Crippen molar-refractivity contribution >= 4 is 17.6 Å². The Morgan fingerprint density at radius 3 is 2.17 bits per heavy atom. The number of methoxy groups -OCH3 is 1. The molecule has 0 bridgehead atoms. The van der Waals surface area contributed by atoms with Crippen LogP contribution in [0.3, 0.4) is 0 Å². The molecule has 2 aromatic carbocycles. The number of benzene rings is 2. The zero-order chi connectivity index (χ0) is 25.5. The van der Waals surface area contributed by atoms with E-state index >= 15 is 0 Å². The van der Waals surface area contributed by atoms with Crippen LogP contribution >= 0.6 is 0 Å². The number of nitrogens with one attached hydrogen (secondary N) is 2. The third-order valence-corrected chi connectivity index (χ3v) is 7.30. The van der Waals surface area contributed by atoms with Crippen LogP contribution in [-0.4, -0.2) is 86.1 Å². The zero-order valence-corrected chi connectivity index (χ0v) is 21.8. The molecule has 36 heavy (non-hydrogen) atoms. The summed E-state index contributed by atoms with van der Waals surface area (Å²) in [5.74, 6) is 0.821. The number of para-hydroxylation sites is 1. The molecule has 0 radical (unpaired) electrons. The van der Waals surface area contributed by atoms with Crippen molar-refractivity contribution in [3.05, 3.63) is 59.2 Å². The lowest BCUT2D eigenvalue weighted by molar-refractivity contribution is -0.117. The maximum absolute atomic E-state index is 13.0. The molecule has 3 amide bonds. The van der Waals surface area contributed by atoms with Gasteiger partial charge in [0, 0.05) is 38.4 Å². The Bertz CT molecular complexity index is 1010. The van der Waals surface area contributed by atoms with E-state index in [2.05, 4.69) is 32.6 Å². The van der Waals surface area contributed by atoms with Crippen LogP contribution in [0, 0.1) is 13.8 Å². The smallest absolute Gasteiger partial charge is 0.317 e. The fourth-order valence-electron chi connectivity index (χ4n) is 5.14. The number of piperazine rings is 1. The first-order valence-corrected chi connectivity index (χ1v) is 12.9. The summed E-state index contributed by atoms with van der Waals surface area (Å²) in [7, 11) is 1.67. The Kier molecular flexibility index (Phi) is 8.83. The van der Waals surface area contributed by atoms with Crippen LogP contribution < -0.4 is 15.4 Å². The first-order valence-electron chi connectivity index (χ1n) is 12.9. The Labute approximate surface area is 214 Å². The Hall–Kier alpha value is -3.10. The molecule has 0 aliphatic carbocycles. The van der Waals surface area contributed by atoms with Gasteiger partial charge < -0.3 is 20.3 Å². The van der Waals surface area contributed by atoms with Crippen LogP contribution in [0.4, 0.5) is 10.5 Å². The minimum atomic E-state index is -0.0349. The number of hydrogen-bond acceptors (Lipinski definition) is 5. The highest BCUT2D eigenvalue weighted by molar-refractivity contribution is 5.93. The number of urea groups is 1. The molecule has 2 saturated heterocycles. The molecule has 2 aromatic rings. The van der Waals surface area contributed by atoms with Gasteiger partial charge in [-0.2, -0.15) is 0 Å². The van der Waals surface area contributed by atoms with Gasteiger partial charge in [-0.05, 0) is 68.6 Å². The van der Waals surface area contributed by atoms with E-state index in [4.69, 9.17) is 4.74 Å². The molecule has 194 valence electrons. The second kappa shape index (κ2) is 12.2. The number of likely N-dealkylation sites (tertiary alicyclic amines) is 1. The van der Waals surface area contributed by atoms with E-state index in [0.717, 1.165) is 35.7 Å². The quantitative estimate of drug-likeness (QED) is 0.589. The molecule has 2 fully saturated rings. The molecule has 2 N–H and O–H groups in total. The van der Waals surface area contributed by atoms with Crippen LogP contribution in [0.25, 0.3) is 0 Å². The van der Waals surface area contributed by atoms with E-state index in [1.807, 2.05) is 49.1 Å². The van der Waals surface area contributed by atoms with Crippen molar-refractivity contribution in [2.45, 2.75) is 32.7 Å². The molecule has 0 spiro atoms. The average Bonchev–Trinajstić information content (AvgIpc) is 3.42. The minimum absolute atomic E-state index is 0.0155. The van der Waals surface area contributed by atoms with Crippen molar-refractivity contribution in [3.8, 4) is 5.75 Å². The lowest BCUT2D eigenvalue weighted by Crippen LogP contribution is -2.53.